The van der Waals surface area contributed by atoms with Gasteiger partial charge >= 0.3 is 5.97 Å². The number of carboxylic acids is 1. The van der Waals surface area contributed by atoms with E-state index in [0.29, 0.717) is 0 Å². The van der Waals surface area contributed by atoms with Gasteiger partial charge in [-0.25, -0.2) is 4.79 Å². The molecule has 4 nitrogen and oxygen atoms in total. The second-order valence-electron chi connectivity index (χ2n) is 1.37. The molecule has 1 amide bonds. The molecule has 0 rings (SSSR count). The third kappa shape index (κ3) is 6.68. The maximum absolute atomic E-state index is 10.1. The van der Waals surface area contributed by atoms with Gasteiger partial charge in [0.25, 0.3) is 0 Å². The summed E-state index contributed by atoms with van der Waals surface area (Å²) in [4.78, 5) is 19.8. The molecule has 0 saturated carbocycles. The fraction of sp³-hybridized carbons (Fsp3) is 0.200. The first-order valence-corrected chi connectivity index (χ1v) is 2.29. The lowest BCUT2D eigenvalue weighted by atomic mass is 10.6. The van der Waals surface area contributed by atoms with Gasteiger partial charge in [0.1, 0.15) is 0 Å². The van der Waals surface area contributed by atoms with Crippen molar-refractivity contribution in [3.63, 3.8) is 0 Å². The number of aliphatic carboxylic acids is 1. The van der Waals surface area contributed by atoms with Gasteiger partial charge in [-0.15, -0.1) is 0 Å². The molecule has 0 aliphatic carbocycles. The maximum Gasteiger partial charge on any atom is 0.329 e. The van der Waals surface area contributed by atoms with Crippen molar-refractivity contribution in [2.45, 2.75) is 6.92 Å². The maximum atomic E-state index is 10.1. The van der Waals surface area contributed by atoms with Gasteiger partial charge in [-0.05, 0) is 0 Å². The van der Waals surface area contributed by atoms with Gasteiger partial charge in [0, 0.05) is 19.2 Å². The number of hydrogen-bond donors (Lipinski definition) is 2. The molecule has 0 bridgehead atoms. The zero-order chi connectivity index (χ0) is 7.28. The van der Waals surface area contributed by atoms with Crippen LogP contribution in [0.4, 0.5) is 0 Å². The van der Waals surface area contributed by atoms with Crippen LogP contribution in [0.15, 0.2) is 12.3 Å². The molecule has 0 unspecified atom stereocenters. The highest BCUT2D eigenvalue weighted by Gasteiger charge is 1.85. The predicted octanol–water partition coefficient (Wildman–Crippen LogP) is -0.279. The van der Waals surface area contributed by atoms with Crippen LogP contribution in [-0.2, 0) is 9.59 Å². The quantitative estimate of drug-likeness (QED) is 0.504. The molecular weight excluding hydrogens is 122 g/mol. The largest absolute Gasteiger partial charge is 0.478 e. The molecule has 0 aliphatic heterocycles. The molecule has 0 aromatic rings. The lowest BCUT2D eigenvalue weighted by Crippen LogP contribution is -2.12. The van der Waals surface area contributed by atoms with Gasteiger partial charge in [-0.1, -0.05) is 0 Å². The Morgan fingerprint density at radius 2 is 2.11 bits per heavy atom. The van der Waals surface area contributed by atoms with Crippen molar-refractivity contribution in [2.75, 3.05) is 0 Å². The normalized spacial score (nSPS) is 9.44. The van der Waals surface area contributed by atoms with Crippen LogP contribution in [0.1, 0.15) is 6.92 Å². The number of carbonyl (C=O) groups is 2. The van der Waals surface area contributed by atoms with E-state index in [1.165, 1.54) is 6.92 Å². The van der Waals surface area contributed by atoms with E-state index in [1.807, 2.05) is 0 Å². The van der Waals surface area contributed by atoms with E-state index >= 15 is 0 Å². The van der Waals surface area contributed by atoms with E-state index in [0.717, 1.165) is 12.3 Å². The molecule has 0 spiro atoms. The minimum absolute atomic E-state index is 0.285. The van der Waals surface area contributed by atoms with Crippen LogP contribution in [0.2, 0.25) is 0 Å². The van der Waals surface area contributed by atoms with E-state index in [4.69, 9.17) is 5.11 Å². The van der Waals surface area contributed by atoms with E-state index in [1.54, 1.807) is 0 Å². The molecule has 0 atom stereocenters. The summed E-state index contributed by atoms with van der Waals surface area (Å²) >= 11 is 0. The van der Waals surface area contributed by atoms with Gasteiger partial charge in [0.15, 0.2) is 0 Å². The first-order valence-electron chi connectivity index (χ1n) is 2.29. The second kappa shape index (κ2) is 3.65. The summed E-state index contributed by atoms with van der Waals surface area (Å²) in [6, 6.07) is 0. The van der Waals surface area contributed by atoms with Crippen molar-refractivity contribution in [3.8, 4) is 0 Å². The topological polar surface area (TPSA) is 66.4 Å². The summed E-state index contributed by atoms with van der Waals surface area (Å²) in [5, 5.41) is 10.2. The monoisotopic (exact) mass is 129 g/mol. The van der Waals surface area contributed by atoms with Crippen LogP contribution in [0.3, 0.4) is 0 Å². The van der Waals surface area contributed by atoms with Crippen LogP contribution in [0.5, 0.6) is 0 Å². The molecule has 0 aromatic heterocycles. The highest BCUT2D eigenvalue weighted by molar-refractivity contribution is 5.81. The van der Waals surface area contributed by atoms with Gasteiger partial charge < -0.3 is 10.4 Å². The molecular formula is C5H7NO3. The molecule has 0 heterocycles. The molecule has 0 saturated heterocycles. The van der Waals surface area contributed by atoms with Gasteiger partial charge in [0.05, 0.1) is 0 Å². The molecule has 4 heteroatoms. The number of amides is 1. The Balaban J connectivity index is 3.48. The van der Waals surface area contributed by atoms with Gasteiger partial charge in [-0.3, -0.25) is 4.79 Å². The number of nitrogens with one attached hydrogen (secondary N) is 1. The number of hydrogen-bond acceptors (Lipinski definition) is 2. The Morgan fingerprint density at radius 3 is 2.44 bits per heavy atom. The van der Waals surface area contributed by atoms with Crippen LogP contribution >= 0.6 is 0 Å². The summed E-state index contributed by atoms with van der Waals surface area (Å²) < 4.78 is 0. The lowest BCUT2D eigenvalue weighted by Gasteiger charge is -1.86. The Kier molecular flexibility index (Phi) is 3.12. The molecule has 0 aromatic carbocycles. The molecule has 50 valence electrons. The SMILES string of the molecule is CC(=O)N/C=C/C(=O)O. The molecule has 0 radical (unpaired) electrons. The fourth-order valence-electron chi connectivity index (χ4n) is 0.230. The van der Waals surface area contributed by atoms with Crippen LogP contribution in [0, 0.1) is 0 Å². The van der Waals surface area contributed by atoms with Crippen molar-refractivity contribution in [3.05, 3.63) is 12.3 Å². The average molecular weight is 129 g/mol. The third-order valence-corrected chi connectivity index (χ3v) is 0.513. The zero-order valence-electron chi connectivity index (χ0n) is 4.92. The third-order valence-electron chi connectivity index (χ3n) is 0.513. The minimum Gasteiger partial charge on any atom is -0.478 e. The van der Waals surface area contributed by atoms with Gasteiger partial charge in [0.2, 0.25) is 5.91 Å². The van der Waals surface area contributed by atoms with E-state index in [2.05, 4.69) is 5.32 Å². The van der Waals surface area contributed by atoms with Crippen molar-refractivity contribution < 1.29 is 14.7 Å². The number of carbonyl (C=O) groups excluding carboxylic acids is 1. The van der Waals surface area contributed by atoms with Crippen molar-refractivity contribution >= 4 is 11.9 Å². The standard InChI is InChI=1S/C5H7NO3/c1-4(7)6-3-2-5(8)9/h2-3H,1H3,(H,6,7)(H,8,9)/b3-2+. The Bertz CT molecular complexity index is 150. The molecule has 0 aliphatic rings. The summed E-state index contributed by atoms with van der Waals surface area (Å²) in [6.07, 6.45) is 1.92. The number of rotatable bonds is 2. The first kappa shape index (κ1) is 7.68. The minimum atomic E-state index is -1.08. The van der Waals surface area contributed by atoms with E-state index in [9.17, 15) is 9.59 Å². The molecule has 9 heavy (non-hydrogen) atoms. The predicted molar refractivity (Wildman–Crippen MR) is 30.6 cm³/mol. The van der Waals surface area contributed by atoms with Crippen LogP contribution < -0.4 is 5.32 Å². The Labute approximate surface area is 52.2 Å². The smallest absolute Gasteiger partial charge is 0.329 e. The van der Waals surface area contributed by atoms with Gasteiger partial charge in [-0.2, -0.15) is 0 Å². The van der Waals surface area contributed by atoms with Crippen LogP contribution in [0.25, 0.3) is 0 Å². The lowest BCUT2D eigenvalue weighted by molar-refractivity contribution is -0.131. The van der Waals surface area contributed by atoms with E-state index in [-0.39, 0.29) is 5.91 Å². The second-order valence-corrected chi connectivity index (χ2v) is 1.37. The summed E-state index contributed by atoms with van der Waals surface area (Å²) in [6.45, 7) is 1.30. The first-order chi connectivity index (χ1) is 4.13. The highest BCUT2D eigenvalue weighted by atomic mass is 16.4. The Morgan fingerprint density at radius 1 is 1.56 bits per heavy atom. The molecule has 0 fully saturated rings. The number of carboxylic acid groups (broad SMARTS) is 1. The molecule has 2 N–H and O–H groups in total. The average Bonchev–Trinajstić information content (AvgIpc) is 1.63. The Hall–Kier alpha value is -1.32. The van der Waals surface area contributed by atoms with Crippen LogP contribution in [-0.4, -0.2) is 17.0 Å². The van der Waals surface area contributed by atoms with Crippen molar-refractivity contribution in [2.24, 2.45) is 0 Å². The zero-order valence-corrected chi connectivity index (χ0v) is 4.92. The highest BCUT2D eigenvalue weighted by Crippen LogP contribution is 1.67. The summed E-state index contributed by atoms with van der Waals surface area (Å²) in [7, 11) is 0. The van der Waals surface area contributed by atoms with Crippen molar-refractivity contribution in [1.82, 2.24) is 5.32 Å². The summed E-state index contributed by atoms with van der Waals surface area (Å²) in [5.41, 5.74) is 0. The summed E-state index contributed by atoms with van der Waals surface area (Å²) in [5.74, 6) is -1.36. The fourth-order valence-corrected chi connectivity index (χ4v) is 0.230. The van der Waals surface area contributed by atoms with Crippen molar-refractivity contribution in [1.29, 1.82) is 0 Å². The van der Waals surface area contributed by atoms with E-state index < -0.39 is 5.97 Å².